The smallest absolute Gasteiger partial charge is 0.157 e. The maximum atomic E-state index is 9.85. The summed E-state index contributed by atoms with van der Waals surface area (Å²) in [4.78, 5) is 0. The summed E-state index contributed by atoms with van der Waals surface area (Å²) >= 11 is 3.31. The summed E-state index contributed by atoms with van der Waals surface area (Å²) < 4.78 is 6.26. The molecule has 0 bridgehead atoms. The summed E-state index contributed by atoms with van der Waals surface area (Å²) in [7, 11) is 0. The highest BCUT2D eigenvalue weighted by Crippen LogP contribution is 2.25. The Bertz CT molecular complexity index is 415. The Hall–Kier alpha value is -0.700. The molecule has 19 heavy (non-hydrogen) atoms. The molecule has 0 radical (unpaired) electrons. The Balaban J connectivity index is 2.03. The van der Waals surface area contributed by atoms with Crippen molar-refractivity contribution in [2.24, 2.45) is 0 Å². The monoisotopic (exact) mass is 333 g/mol. The Labute approximate surface area is 118 Å². The number of hydrogen-bond donors (Lipinski definition) is 5. The molecule has 1 heterocycles. The van der Waals surface area contributed by atoms with E-state index < -0.39 is 37.3 Å². The van der Waals surface area contributed by atoms with Gasteiger partial charge in [-0.15, -0.1) is 0 Å². The average Bonchev–Trinajstić information content (AvgIpc) is 2.69. The number of benzene rings is 1. The summed E-state index contributed by atoms with van der Waals surface area (Å²) in [5.41, 5.74) is 0.707. The maximum Gasteiger partial charge on any atom is 0.157 e. The summed E-state index contributed by atoms with van der Waals surface area (Å²) in [5.74, 6) is 0. The number of hydrogen-bond acceptors (Lipinski definition) is 6. The second-order valence-corrected chi connectivity index (χ2v) is 5.32. The van der Waals surface area contributed by atoms with Crippen molar-refractivity contribution >= 4 is 21.6 Å². The molecule has 1 saturated heterocycles. The highest BCUT2D eigenvalue weighted by atomic mass is 79.9. The van der Waals surface area contributed by atoms with Crippen LogP contribution in [0, 0.1) is 0 Å². The molecule has 7 heteroatoms. The van der Waals surface area contributed by atoms with Crippen LogP contribution in [0.3, 0.4) is 0 Å². The number of ether oxygens (including phenoxy) is 1. The minimum absolute atomic E-state index is 0.542. The van der Waals surface area contributed by atoms with Crippen LogP contribution in [0.2, 0.25) is 0 Å². The third-order valence-electron chi connectivity index (χ3n) is 3.02. The number of rotatable bonds is 4. The van der Waals surface area contributed by atoms with Crippen molar-refractivity contribution in [2.45, 2.75) is 30.6 Å². The van der Waals surface area contributed by atoms with Crippen LogP contribution in [0.1, 0.15) is 0 Å². The van der Waals surface area contributed by atoms with Crippen LogP contribution >= 0.6 is 15.9 Å². The highest BCUT2D eigenvalue weighted by molar-refractivity contribution is 9.10. The second-order valence-electron chi connectivity index (χ2n) is 4.40. The Morgan fingerprint density at radius 2 is 1.84 bits per heavy atom. The van der Waals surface area contributed by atoms with E-state index in [0.717, 1.165) is 4.47 Å². The molecule has 2 rings (SSSR count). The molecule has 1 aromatic rings. The first-order chi connectivity index (χ1) is 9.02. The molecule has 5 atom stereocenters. The van der Waals surface area contributed by atoms with Gasteiger partial charge in [-0.2, -0.15) is 0 Å². The van der Waals surface area contributed by atoms with Crippen LogP contribution in [0.25, 0.3) is 0 Å². The fraction of sp³-hybridized carbons (Fsp3) is 0.500. The van der Waals surface area contributed by atoms with Crippen molar-refractivity contribution in [3.63, 3.8) is 0 Å². The first-order valence-corrected chi connectivity index (χ1v) is 6.65. The van der Waals surface area contributed by atoms with Crippen LogP contribution in [0.15, 0.2) is 28.7 Å². The molecule has 0 unspecified atom stereocenters. The Kier molecular flexibility index (Phi) is 4.77. The lowest BCUT2D eigenvalue weighted by Gasteiger charge is -2.19. The number of aliphatic hydroxyl groups is 4. The normalized spacial score (nSPS) is 32.3. The molecule has 5 N–H and O–H groups in total. The third kappa shape index (κ3) is 3.25. The predicted molar refractivity (Wildman–Crippen MR) is 71.5 cm³/mol. The van der Waals surface area contributed by atoms with Gasteiger partial charge < -0.3 is 30.5 Å². The van der Waals surface area contributed by atoms with Gasteiger partial charge in [0.25, 0.3) is 0 Å². The standard InChI is InChI=1S/C12H16BrNO5/c13-6-1-3-7(4-2-6)14-12-10(18)9(17)11(19-12)8(16)5-15/h1-4,8-12,14-18H,5H2/t8-,9+,10+,11+,12-/m1/s1. The second kappa shape index (κ2) is 6.17. The van der Waals surface area contributed by atoms with E-state index in [1.165, 1.54) is 0 Å². The van der Waals surface area contributed by atoms with Crippen LogP contribution < -0.4 is 5.32 Å². The molecule has 6 nitrogen and oxygen atoms in total. The molecule has 106 valence electrons. The van der Waals surface area contributed by atoms with E-state index in [9.17, 15) is 15.3 Å². The van der Waals surface area contributed by atoms with Gasteiger partial charge in [0.05, 0.1) is 6.61 Å². The maximum absolute atomic E-state index is 9.85. The quantitative estimate of drug-likeness (QED) is 0.516. The van der Waals surface area contributed by atoms with E-state index in [1.807, 2.05) is 12.1 Å². The van der Waals surface area contributed by atoms with Gasteiger partial charge in [0.1, 0.15) is 24.4 Å². The third-order valence-corrected chi connectivity index (χ3v) is 3.55. The van der Waals surface area contributed by atoms with Gasteiger partial charge in [-0.3, -0.25) is 0 Å². The van der Waals surface area contributed by atoms with Crippen molar-refractivity contribution in [1.29, 1.82) is 0 Å². The van der Waals surface area contributed by atoms with E-state index in [4.69, 9.17) is 9.84 Å². The number of aliphatic hydroxyl groups excluding tert-OH is 4. The molecular weight excluding hydrogens is 318 g/mol. The summed E-state index contributed by atoms with van der Waals surface area (Å²) in [6.45, 7) is -0.542. The summed E-state index contributed by atoms with van der Waals surface area (Å²) in [6.07, 6.45) is -5.54. The molecular formula is C12H16BrNO5. The lowest BCUT2D eigenvalue weighted by molar-refractivity contribution is -0.0774. The minimum Gasteiger partial charge on any atom is -0.394 e. The van der Waals surface area contributed by atoms with Crippen LogP contribution in [-0.2, 0) is 4.74 Å². The van der Waals surface area contributed by atoms with Crippen molar-refractivity contribution in [3.05, 3.63) is 28.7 Å². The molecule has 1 fully saturated rings. The molecule has 1 aromatic carbocycles. The number of nitrogens with one attached hydrogen (secondary N) is 1. The Morgan fingerprint density at radius 1 is 1.21 bits per heavy atom. The van der Waals surface area contributed by atoms with E-state index in [0.29, 0.717) is 5.69 Å². The van der Waals surface area contributed by atoms with Gasteiger partial charge in [0, 0.05) is 10.2 Å². The highest BCUT2D eigenvalue weighted by Gasteiger charge is 2.45. The van der Waals surface area contributed by atoms with Crippen molar-refractivity contribution in [2.75, 3.05) is 11.9 Å². The van der Waals surface area contributed by atoms with Gasteiger partial charge in [-0.05, 0) is 24.3 Å². The number of halogens is 1. The summed E-state index contributed by atoms with van der Waals surface area (Å²) in [6, 6.07) is 7.20. The van der Waals surface area contributed by atoms with E-state index in [-0.39, 0.29) is 0 Å². The first-order valence-electron chi connectivity index (χ1n) is 5.85. The fourth-order valence-corrected chi connectivity index (χ4v) is 2.22. The lowest BCUT2D eigenvalue weighted by atomic mass is 10.1. The molecule has 0 aliphatic carbocycles. The molecule has 0 spiro atoms. The van der Waals surface area contributed by atoms with Crippen molar-refractivity contribution < 1.29 is 25.2 Å². The van der Waals surface area contributed by atoms with E-state index in [1.54, 1.807) is 12.1 Å². The zero-order chi connectivity index (χ0) is 14.0. The van der Waals surface area contributed by atoms with Crippen LogP contribution in [0.5, 0.6) is 0 Å². The van der Waals surface area contributed by atoms with Gasteiger partial charge in [0.2, 0.25) is 0 Å². The first kappa shape index (κ1) is 14.7. The van der Waals surface area contributed by atoms with Crippen molar-refractivity contribution in [1.82, 2.24) is 0 Å². The molecule has 0 saturated carbocycles. The minimum atomic E-state index is -1.25. The van der Waals surface area contributed by atoms with Gasteiger partial charge >= 0.3 is 0 Å². The topological polar surface area (TPSA) is 102 Å². The van der Waals surface area contributed by atoms with Gasteiger partial charge in [0.15, 0.2) is 6.23 Å². The fourth-order valence-electron chi connectivity index (χ4n) is 1.96. The zero-order valence-corrected chi connectivity index (χ0v) is 11.6. The van der Waals surface area contributed by atoms with E-state index in [2.05, 4.69) is 21.2 Å². The van der Waals surface area contributed by atoms with Crippen LogP contribution in [-0.4, -0.2) is 57.7 Å². The molecule has 0 aromatic heterocycles. The largest absolute Gasteiger partial charge is 0.394 e. The number of anilines is 1. The summed E-state index contributed by atoms with van der Waals surface area (Å²) in [5, 5.41) is 40.9. The zero-order valence-electron chi connectivity index (χ0n) is 9.98. The average molecular weight is 334 g/mol. The Morgan fingerprint density at radius 3 is 2.42 bits per heavy atom. The van der Waals surface area contributed by atoms with E-state index >= 15 is 0 Å². The van der Waals surface area contributed by atoms with Gasteiger partial charge in [-0.1, -0.05) is 15.9 Å². The van der Waals surface area contributed by atoms with Crippen molar-refractivity contribution in [3.8, 4) is 0 Å². The molecule has 1 aliphatic rings. The van der Waals surface area contributed by atoms with Crippen LogP contribution in [0.4, 0.5) is 5.69 Å². The lowest BCUT2D eigenvalue weighted by Crippen LogP contribution is -2.40. The predicted octanol–water partition coefficient (Wildman–Crippen LogP) is -0.339. The molecule has 0 amide bonds. The molecule has 1 aliphatic heterocycles. The van der Waals surface area contributed by atoms with Gasteiger partial charge in [-0.25, -0.2) is 0 Å². The SMILES string of the molecule is OC[C@@H](O)[C@@H]1O[C@@H](Nc2ccc(Br)cc2)[C@@H](O)[C@@H]1O.